The van der Waals surface area contributed by atoms with Crippen LogP contribution >= 0.6 is 0 Å². The van der Waals surface area contributed by atoms with Gasteiger partial charge in [-0.1, -0.05) is 66.2 Å². The van der Waals surface area contributed by atoms with E-state index in [2.05, 4.69) is 18.2 Å². The molecule has 1 atom stereocenters. The number of fused-ring (bicyclic) bond motifs is 1. The third-order valence-corrected chi connectivity index (χ3v) is 6.43. The van der Waals surface area contributed by atoms with E-state index >= 15 is 0 Å². The summed E-state index contributed by atoms with van der Waals surface area (Å²) in [5, 5.41) is 0. The molecule has 5 heteroatoms. The van der Waals surface area contributed by atoms with Crippen molar-refractivity contribution in [3.05, 3.63) is 94.5 Å². The Morgan fingerprint density at radius 2 is 1.82 bits per heavy atom. The van der Waals surface area contributed by atoms with Crippen LogP contribution in [0.4, 0.5) is 0 Å². The van der Waals surface area contributed by atoms with Crippen molar-refractivity contribution in [2.75, 3.05) is 7.11 Å². The quantitative estimate of drug-likeness (QED) is 0.594. The van der Waals surface area contributed by atoms with Crippen LogP contribution in [-0.4, -0.2) is 15.5 Å². The summed E-state index contributed by atoms with van der Waals surface area (Å²) in [5.41, 5.74) is 5.04. The lowest BCUT2D eigenvalue weighted by Gasteiger charge is -2.17. The first-order valence-electron chi connectivity index (χ1n) is 9.20. The zero-order valence-corrected chi connectivity index (χ0v) is 16.7. The molecule has 0 radical (unpaired) electrons. The van der Waals surface area contributed by atoms with E-state index in [1.165, 1.54) is 12.7 Å². The highest BCUT2D eigenvalue weighted by atomic mass is 32.2. The van der Waals surface area contributed by atoms with Crippen molar-refractivity contribution in [1.29, 1.82) is 0 Å². The van der Waals surface area contributed by atoms with Crippen LogP contribution in [0, 0.1) is 6.92 Å². The molecule has 1 aliphatic heterocycles. The molecule has 28 heavy (non-hydrogen) atoms. The van der Waals surface area contributed by atoms with Gasteiger partial charge in [0.1, 0.15) is 16.7 Å². The SMILES string of the molecule is COS(=O)(=O)c1ccc(C)cc1C1Cc2cccc(Cc3ccccc3)c2O1. The number of hydrogen-bond donors (Lipinski definition) is 0. The molecule has 3 aromatic carbocycles. The van der Waals surface area contributed by atoms with Crippen LogP contribution < -0.4 is 4.74 Å². The number of ether oxygens (including phenoxy) is 1. The molecule has 0 spiro atoms. The average molecular weight is 394 g/mol. The minimum absolute atomic E-state index is 0.169. The molecule has 0 saturated heterocycles. The van der Waals surface area contributed by atoms with Crippen molar-refractivity contribution in [3.8, 4) is 5.75 Å². The van der Waals surface area contributed by atoms with Crippen LogP contribution in [0.2, 0.25) is 0 Å². The Morgan fingerprint density at radius 1 is 1.04 bits per heavy atom. The van der Waals surface area contributed by atoms with Crippen LogP contribution in [0.5, 0.6) is 5.75 Å². The molecule has 0 amide bonds. The Morgan fingerprint density at radius 3 is 2.57 bits per heavy atom. The number of benzene rings is 3. The summed E-state index contributed by atoms with van der Waals surface area (Å²) in [7, 11) is -2.63. The monoisotopic (exact) mass is 394 g/mol. The summed E-state index contributed by atoms with van der Waals surface area (Å²) in [6.45, 7) is 1.94. The lowest BCUT2D eigenvalue weighted by Crippen LogP contribution is -2.12. The largest absolute Gasteiger partial charge is 0.485 e. The van der Waals surface area contributed by atoms with E-state index in [1.54, 1.807) is 12.1 Å². The van der Waals surface area contributed by atoms with Gasteiger partial charge in [0.2, 0.25) is 0 Å². The van der Waals surface area contributed by atoms with Gasteiger partial charge < -0.3 is 4.74 Å². The zero-order valence-electron chi connectivity index (χ0n) is 15.9. The highest BCUT2D eigenvalue weighted by molar-refractivity contribution is 7.86. The molecular formula is C23H22O4S. The predicted octanol–water partition coefficient (Wildman–Crippen LogP) is 4.60. The van der Waals surface area contributed by atoms with E-state index in [1.807, 2.05) is 43.3 Å². The summed E-state index contributed by atoms with van der Waals surface area (Å²) < 4.78 is 35.9. The minimum atomic E-state index is -3.81. The van der Waals surface area contributed by atoms with E-state index in [0.29, 0.717) is 12.0 Å². The van der Waals surface area contributed by atoms with Crippen molar-refractivity contribution in [1.82, 2.24) is 0 Å². The van der Waals surface area contributed by atoms with Gasteiger partial charge in [0.05, 0.1) is 7.11 Å². The van der Waals surface area contributed by atoms with Crippen molar-refractivity contribution in [2.24, 2.45) is 0 Å². The van der Waals surface area contributed by atoms with Crippen LogP contribution in [0.15, 0.2) is 71.6 Å². The van der Waals surface area contributed by atoms with Gasteiger partial charge in [0.25, 0.3) is 10.1 Å². The lowest BCUT2D eigenvalue weighted by atomic mass is 9.99. The van der Waals surface area contributed by atoms with Gasteiger partial charge in [0.15, 0.2) is 0 Å². The maximum atomic E-state index is 12.4. The summed E-state index contributed by atoms with van der Waals surface area (Å²) in [6.07, 6.45) is 1.05. The molecule has 1 unspecified atom stereocenters. The van der Waals surface area contributed by atoms with Gasteiger partial charge in [-0.3, -0.25) is 4.18 Å². The van der Waals surface area contributed by atoms with Gasteiger partial charge in [-0.05, 0) is 29.7 Å². The third kappa shape index (κ3) is 3.55. The Bertz CT molecular complexity index is 1100. The van der Waals surface area contributed by atoms with Crippen LogP contribution in [0.25, 0.3) is 0 Å². The van der Waals surface area contributed by atoms with Gasteiger partial charge in [0, 0.05) is 18.4 Å². The third-order valence-electron chi connectivity index (χ3n) is 5.08. The van der Waals surface area contributed by atoms with Crippen LogP contribution in [-0.2, 0) is 27.1 Å². The normalized spacial score (nSPS) is 15.9. The van der Waals surface area contributed by atoms with Crippen LogP contribution in [0.1, 0.15) is 33.9 Å². The first kappa shape index (κ1) is 18.7. The van der Waals surface area contributed by atoms with Crippen molar-refractivity contribution in [3.63, 3.8) is 0 Å². The second-order valence-electron chi connectivity index (χ2n) is 7.04. The molecule has 3 aromatic rings. The summed E-state index contributed by atoms with van der Waals surface area (Å²) in [5.74, 6) is 0.860. The Hall–Kier alpha value is -2.63. The van der Waals surface area contributed by atoms with Crippen molar-refractivity contribution in [2.45, 2.75) is 30.8 Å². The zero-order chi connectivity index (χ0) is 19.7. The first-order valence-corrected chi connectivity index (χ1v) is 10.6. The fourth-order valence-electron chi connectivity index (χ4n) is 3.70. The first-order chi connectivity index (χ1) is 13.5. The molecule has 144 valence electrons. The van der Waals surface area contributed by atoms with Gasteiger partial charge in [-0.25, -0.2) is 0 Å². The summed E-state index contributed by atoms with van der Waals surface area (Å²) in [4.78, 5) is 0.169. The van der Waals surface area contributed by atoms with Gasteiger partial charge >= 0.3 is 0 Å². The topological polar surface area (TPSA) is 52.6 Å². The standard InChI is InChI=1S/C23H22O4S/c1-16-11-12-22(28(24,25)26-2)20(13-16)21-15-19-10-6-9-18(23(19)27-21)14-17-7-4-3-5-8-17/h3-13,21H,14-15H2,1-2H3. The summed E-state index contributed by atoms with van der Waals surface area (Å²) >= 11 is 0. The van der Waals surface area contributed by atoms with E-state index in [9.17, 15) is 8.42 Å². The maximum absolute atomic E-state index is 12.4. The number of rotatable bonds is 5. The molecule has 1 aliphatic rings. The second kappa shape index (κ2) is 7.41. The fourth-order valence-corrected chi connectivity index (χ4v) is 4.59. The molecular weight excluding hydrogens is 372 g/mol. The molecule has 0 saturated carbocycles. The Kier molecular flexibility index (Phi) is 4.96. The molecule has 4 rings (SSSR count). The Balaban J connectivity index is 1.70. The number of hydrogen-bond acceptors (Lipinski definition) is 4. The van der Waals surface area contributed by atoms with Crippen molar-refractivity contribution < 1.29 is 17.3 Å². The molecule has 1 heterocycles. The summed E-state index contributed by atoms with van der Waals surface area (Å²) in [6, 6.07) is 21.6. The molecule has 0 aliphatic carbocycles. The van der Waals surface area contributed by atoms with Crippen LogP contribution in [0.3, 0.4) is 0 Å². The van der Waals surface area contributed by atoms with E-state index < -0.39 is 10.1 Å². The average Bonchev–Trinajstić information content (AvgIpc) is 3.14. The number of aryl methyl sites for hydroxylation is 1. The smallest absolute Gasteiger partial charge is 0.297 e. The van der Waals surface area contributed by atoms with E-state index in [4.69, 9.17) is 8.92 Å². The minimum Gasteiger partial charge on any atom is -0.485 e. The second-order valence-corrected chi connectivity index (χ2v) is 8.72. The fraction of sp³-hybridized carbons (Fsp3) is 0.217. The highest BCUT2D eigenvalue weighted by Crippen LogP contribution is 2.41. The van der Waals surface area contributed by atoms with E-state index in [0.717, 1.165) is 28.9 Å². The molecule has 4 nitrogen and oxygen atoms in total. The van der Waals surface area contributed by atoms with Gasteiger partial charge in [-0.15, -0.1) is 0 Å². The van der Waals surface area contributed by atoms with Crippen molar-refractivity contribution >= 4 is 10.1 Å². The molecule has 0 N–H and O–H groups in total. The molecule has 0 fully saturated rings. The lowest BCUT2D eigenvalue weighted by molar-refractivity contribution is 0.232. The Labute approximate surface area is 165 Å². The molecule has 0 bridgehead atoms. The maximum Gasteiger partial charge on any atom is 0.297 e. The molecule has 0 aromatic heterocycles. The van der Waals surface area contributed by atoms with Gasteiger partial charge in [-0.2, -0.15) is 8.42 Å². The van der Waals surface area contributed by atoms with E-state index in [-0.39, 0.29) is 11.0 Å². The highest BCUT2D eigenvalue weighted by Gasteiger charge is 2.31. The predicted molar refractivity (Wildman–Crippen MR) is 108 cm³/mol. The number of para-hydroxylation sites is 1.